The largest absolute Gasteiger partial charge is 0.382 e. The molecule has 232 valence electrons. The minimum Gasteiger partial charge on any atom is -0.382 e. The van der Waals surface area contributed by atoms with Crippen molar-refractivity contribution >= 4 is 35.9 Å². The van der Waals surface area contributed by atoms with Crippen molar-refractivity contribution in [3.8, 4) is 0 Å². The number of alkyl halides is 2. The Balaban J connectivity index is 1.37. The number of aromatic nitrogens is 1. The molecule has 0 unspecified atom stereocenters. The first-order valence-electron chi connectivity index (χ1n) is 14.2. The summed E-state index contributed by atoms with van der Waals surface area (Å²) in [6.45, 7) is 9.47. The Morgan fingerprint density at radius 1 is 1.25 bits per heavy atom. The number of nitrogens with zero attached hydrogens (tertiary/aromatic N) is 5. The van der Waals surface area contributed by atoms with Crippen LogP contribution in [0.15, 0.2) is 64.6 Å². The number of nitrogens with two attached hydrogens (primary N) is 1. The zero-order valence-electron chi connectivity index (χ0n) is 24.5. The van der Waals surface area contributed by atoms with Crippen LogP contribution in [0.1, 0.15) is 54.6 Å². The van der Waals surface area contributed by atoms with Crippen molar-refractivity contribution in [2.45, 2.75) is 39.2 Å². The van der Waals surface area contributed by atoms with Crippen molar-refractivity contribution in [1.82, 2.24) is 14.8 Å². The number of anilines is 1. The monoisotopic (exact) mass is 609 g/mol. The van der Waals surface area contributed by atoms with Crippen molar-refractivity contribution in [2.75, 3.05) is 31.6 Å². The summed E-state index contributed by atoms with van der Waals surface area (Å²) < 4.78 is 46.9. The lowest BCUT2D eigenvalue weighted by atomic mass is 9.84. The van der Waals surface area contributed by atoms with Crippen LogP contribution >= 0.6 is 0 Å². The van der Waals surface area contributed by atoms with Crippen LogP contribution in [0.3, 0.4) is 0 Å². The van der Waals surface area contributed by atoms with Gasteiger partial charge in [-0.15, -0.1) is 0 Å². The van der Waals surface area contributed by atoms with Gasteiger partial charge in [-0.2, -0.15) is 0 Å². The highest BCUT2D eigenvalue weighted by atomic mass is 19.3. The molecular weight excluding hydrogens is 575 g/mol. The first-order valence-corrected chi connectivity index (χ1v) is 14.2. The summed E-state index contributed by atoms with van der Waals surface area (Å²) in [7, 11) is 0. The highest BCUT2D eigenvalue weighted by Gasteiger charge is 2.46. The van der Waals surface area contributed by atoms with Crippen LogP contribution < -0.4 is 11.1 Å². The van der Waals surface area contributed by atoms with E-state index in [0.717, 1.165) is 37.2 Å². The lowest BCUT2D eigenvalue weighted by Crippen LogP contribution is -2.58. The van der Waals surface area contributed by atoms with Gasteiger partial charge in [0.1, 0.15) is 23.2 Å². The van der Waals surface area contributed by atoms with Crippen molar-refractivity contribution in [2.24, 2.45) is 27.1 Å². The average Bonchev–Trinajstić information content (AvgIpc) is 2.98. The standard InChI is InChI=1S/C31H34F3N7O3/c1-18-4-5-19(15-41(18)30(43)31(2)16-44-17-31)14-40-11-10-38-28(35)26(40)25(36-3)22-7-6-21(12-23(22)32)29(42)39-24-13-20(27(33)34)8-9-37-24/h6-13,18-19,27H,3-5,14-17H2,1-2H3,(H2,35,38)(H,37,39,42)/b26-25-/t18-,19-/m0/s1. The second-order valence-electron chi connectivity index (χ2n) is 11.5. The maximum absolute atomic E-state index is 15.6. The Morgan fingerprint density at radius 2 is 2.02 bits per heavy atom. The molecule has 2 aromatic rings. The van der Waals surface area contributed by atoms with Crippen molar-refractivity contribution in [3.63, 3.8) is 0 Å². The van der Waals surface area contributed by atoms with Gasteiger partial charge in [-0.1, -0.05) is 0 Å². The molecular formula is C31H34F3N7O3. The van der Waals surface area contributed by atoms with Gasteiger partial charge in [0.05, 0.1) is 24.3 Å². The first kappa shape index (κ1) is 30.9. The summed E-state index contributed by atoms with van der Waals surface area (Å²) in [4.78, 5) is 42.0. The SMILES string of the molecule is C=N/C(=C1/C(N)=NC=CN1C[C@@H]1CC[C@H](C)N(C(=O)C2(C)COC2)C1)c1ccc(C(=O)Nc2cc(C(F)F)ccn2)cc1F. The van der Waals surface area contributed by atoms with Crippen LogP contribution in [0.4, 0.5) is 19.0 Å². The molecule has 10 nitrogen and oxygen atoms in total. The van der Waals surface area contributed by atoms with Gasteiger partial charge >= 0.3 is 0 Å². The van der Waals surface area contributed by atoms with E-state index in [2.05, 4.69) is 33.9 Å². The smallest absolute Gasteiger partial charge is 0.264 e. The molecule has 0 spiro atoms. The fourth-order valence-corrected chi connectivity index (χ4v) is 5.63. The second kappa shape index (κ2) is 12.6. The molecule has 0 aliphatic carbocycles. The summed E-state index contributed by atoms with van der Waals surface area (Å²) in [5.74, 6) is -1.31. The molecule has 1 aromatic heterocycles. The van der Waals surface area contributed by atoms with Gasteiger partial charge in [0, 0.05) is 54.4 Å². The van der Waals surface area contributed by atoms with E-state index in [1.807, 2.05) is 16.7 Å². The summed E-state index contributed by atoms with van der Waals surface area (Å²) >= 11 is 0. The molecule has 3 aliphatic rings. The topological polar surface area (TPSA) is 126 Å². The average molecular weight is 610 g/mol. The maximum atomic E-state index is 15.6. The lowest BCUT2D eigenvalue weighted by Gasteiger charge is -2.46. The number of hydrogen-bond donors (Lipinski definition) is 2. The zero-order chi connectivity index (χ0) is 31.6. The Labute approximate surface area is 253 Å². The van der Waals surface area contributed by atoms with Gasteiger partial charge in [0.15, 0.2) is 0 Å². The fourth-order valence-electron chi connectivity index (χ4n) is 5.63. The van der Waals surface area contributed by atoms with Crippen LogP contribution in [0.25, 0.3) is 5.70 Å². The number of aliphatic imine (C=N–C) groups is 2. The molecule has 3 N–H and O–H groups in total. The quantitative estimate of drug-likeness (QED) is 0.422. The summed E-state index contributed by atoms with van der Waals surface area (Å²) in [6, 6.07) is 6.06. The molecule has 1 aromatic carbocycles. The van der Waals surface area contributed by atoms with Crippen molar-refractivity contribution in [3.05, 3.63) is 77.1 Å². The number of hydrogen-bond acceptors (Lipinski definition) is 8. The van der Waals surface area contributed by atoms with E-state index in [4.69, 9.17) is 10.5 Å². The van der Waals surface area contributed by atoms with E-state index in [1.54, 1.807) is 12.4 Å². The molecule has 2 atom stereocenters. The Kier molecular flexibility index (Phi) is 8.86. The van der Waals surface area contributed by atoms with E-state index in [0.29, 0.717) is 32.0 Å². The number of carbonyl (C=O) groups excluding carboxylic acids is 2. The van der Waals surface area contributed by atoms with Gasteiger partial charge in [0.25, 0.3) is 12.3 Å². The number of carbonyl (C=O) groups is 2. The molecule has 2 saturated heterocycles. The zero-order valence-corrected chi connectivity index (χ0v) is 24.5. The molecule has 0 saturated carbocycles. The fraction of sp³-hybridized carbons (Fsp3) is 0.387. The molecule has 2 fully saturated rings. The number of nitrogens with one attached hydrogen (secondary N) is 1. The van der Waals surface area contributed by atoms with E-state index in [1.165, 1.54) is 12.1 Å². The third-order valence-electron chi connectivity index (χ3n) is 8.19. The third-order valence-corrected chi connectivity index (χ3v) is 8.19. The predicted octanol–water partition coefficient (Wildman–Crippen LogP) is 4.59. The minimum atomic E-state index is -2.73. The number of likely N-dealkylation sites (tertiary alicyclic amines) is 1. The number of benzene rings is 1. The number of amides is 2. The number of ether oxygens (including phenoxy) is 1. The normalized spacial score (nSPS) is 22.3. The molecule has 44 heavy (non-hydrogen) atoms. The van der Waals surface area contributed by atoms with Crippen LogP contribution in [-0.4, -0.2) is 71.5 Å². The maximum Gasteiger partial charge on any atom is 0.264 e. The van der Waals surface area contributed by atoms with Crippen LogP contribution in [0.5, 0.6) is 0 Å². The van der Waals surface area contributed by atoms with E-state index in [-0.39, 0.29) is 51.9 Å². The first-order chi connectivity index (χ1) is 21.0. The number of halogens is 3. The Morgan fingerprint density at radius 3 is 2.68 bits per heavy atom. The van der Waals surface area contributed by atoms with Gasteiger partial charge in [-0.3, -0.25) is 14.6 Å². The molecule has 13 heteroatoms. The second-order valence-corrected chi connectivity index (χ2v) is 11.5. The van der Waals surface area contributed by atoms with Crippen molar-refractivity contribution < 1.29 is 27.5 Å². The number of piperidine rings is 1. The van der Waals surface area contributed by atoms with E-state index < -0.39 is 23.6 Å². The Bertz CT molecular complexity index is 1550. The minimum absolute atomic E-state index is 0.0369. The van der Waals surface area contributed by atoms with Crippen LogP contribution in [0, 0.1) is 17.2 Å². The van der Waals surface area contributed by atoms with Gasteiger partial charge in [-0.25, -0.2) is 23.1 Å². The predicted molar refractivity (Wildman–Crippen MR) is 160 cm³/mol. The highest BCUT2D eigenvalue weighted by Crippen LogP contribution is 2.35. The molecule has 3 aliphatic heterocycles. The summed E-state index contributed by atoms with van der Waals surface area (Å²) in [6.07, 6.45) is 3.39. The molecule has 4 heterocycles. The molecule has 0 bridgehead atoms. The van der Waals surface area contributed by atoms with Crippen LogP contribution in [-0.2, 0) is 9.53 Å². The number of amidine groups is 1. The summed E-state index contributed by atoms with van der Waals surface area (Å²) in [5, 5.41) is 2.41. The number of pyridine rings is 1. The van der Waals surface area contributed by atoms with E-state index in [9.17, 15) is 18.4 Å². The Hall–Kier alpha value is -4.52. The van der Waals surface area contributed by atoms with E-state index >= 15 is 4.39 Å². The number of rotatable bonds is 8. The lowest BCUT2D eigenvalue weighted by molar-refractivity contribution is -0.173. The van der Waals surface area contributed by atoms with Crippen molar-refractivity contribution in [1.29, 1.82) is 0 Å². The van der Waals surface area contributed by atoms with Crippen LogP contribution in [0.2, 0.25) is 0 Å². The summed E-state index contributed by atoms with van der Waals surface area (Å²) in [5.41, 5.74) is 5.95. The van der Waals surface area contributed by atoms with Gasteiger partial charge in [-0.05, 0) is 69.7 Å². The highest BCUT2D eigenvalue weighted by molar-refractivity contribution is 6.06. The van der Waals surface area contributed by atoms with Gasteiger partial charge in [0.2, 0.25) is 5.91 Å². The molecule has 2 amide bonds. The third kappa shape index (κ3) is 6.23. The molecule has 0 radical (unpaired) electrons. The van der Waals surface area contributed by atoms with Gasteiger partial charge < -0.3 is 25.6 Å². The molecule has 5 rings (SSSR count).